The van der Waals surface area contributed by atoms with Crippen LogP contribution in [0.2, 0.25) is 0 Å². The Morgan fingerprint density at radius 1 is 1.07 bits per heavy atom. The minimum absolute atomic E-state index is 0.762. The summed E-state index contributed by atoms with van der Waals surface area (Å²) in [5.74, 6) is 0. The van der Waals surface area contributed by atoms with Gasteiger partial charge >= 0.3 is 0 Å². The highest BCUT2D eigenvalue weighted by molar-refractivity contribution is 7.85. The van der Waals surface area contributed by atoms with Gasteiger partial charge in [0.25, 0.3) is 0 Å². The molecule has 4 rings (SSSR count). The van der Waals surface area contributed by atoms with E-state index < -0.39 is 10.8 Å². The Labute approximate surface area is 168 Å². The number of fused-ring (bicyclic) bond motifs is 2. The molecule has 3 heterocycles. The molecule has 1 aliphatic rings. The highest BCUT2D eigenvalue weighted by atomic mass is 32.2. The fourth-order valence-electron chi connectivity index (χ4n) is 3.55. The first-order chi connectivity index (χ1) is 13.7. The SMILES string of the molecule is Cc1ccc2c(c1C)N(CCCNCc1ccccn1)c1cnccc1S2=O. The van der Waals surface area contributed by atoms with Crippen LogP contribution in [0.4, 0.5) is 11.4 Å². The summed E-state index contributed by atoms with van der Waals surface area (Å²) >= 11 is 0. The van der Waals surface area contributed by atoms with Crippen molar-refractivity contribution in [2.75, 3.05) is 18.0 Å². The zero-order chi connectivity index (χ0) is 19.5. The standard InChI is InChI=1S/C22H24N4OS/c1-16-7-8-21-22(17(16)2)26(19-15-24-12-9-20(19)28(21)27)13-5-10-23-14-18-6-3-4-11-25-18/h3-4,6-9,11-12,15,23H,5,10,13-14H2,1-2H3. The van der Waals surface area contributed by atoms with Gasteiger partial charge in [0.1, 0.15) is 0 Å². The molecular formula is C22H24N4OS. The molecule has 0 saturated carbocycles. The maximum absolute atomic E-state index is 13.1. The summed E-state index contributed by atoms with van der Waals surface area (Å²) in [6.07, 6.45) is 6.33. The Morgan fingerprint density at radius 2 is 1.96 bits per heavy atom. The van der Waals surface area contributed by atoms with Gasteiger partial charge in [-0.15, -0.1) is 0 Å². The summed E-state index contributed by atoms with van der Waals surface area (Å²) in [6, 6.07) is 11.9. The van der Waals surface area contributed by atoms with E-state index in [1.165, 1.54) is 11.1 Å². The number of hydrogen-bond acceptors (Lipinski definition) is 5. The summed E-state index contributed by atoms with van der Waals surface area (Å²) < 4.78 is 13.1. The van der Waals surface area contributed by atoms with Gasteiger partial charge in [-0.2, -0.15) is 0 Å². The molecule has 0 spiro atoms. The van der Waals surface area contributed by atoms with E-state index in [-0.39, 0.29) is 0 Å². The van der Waals surface area contributed by atoms with E-state index >= 15 is 0 Å². The second-order valence-corrected chi connectivity index (χ2v) is 8.39. The summed E-state index contributed by atoms with van der Waals surface area (Å²) in [6.45, 7) is 6.69. The molecule has 0 fully saturated rings. The van der Waals surface area contributed by atoms with Gasteiger partial charge in [0.05, 0.1) is 43.9 Å². The van der Waals surface area contributed by atoms with Crippen molar-refractivity contribution in [1.82, 2.24) is 15.3 Å². The van der Waals surface area contributed by atoms with E-state index in [4.69, 9.17) is 0 Å². The Bertz CT molecular complexity index is 1010. The fourth-order valence-corrected chi connectivity index (χ4v) is 4.95. The van der Waals surface area contributed by atoms with Crippen molar-refractivity contribution < 1.29 is 4.21 Å². The molecule has 1 aromatic carbocycles. The number of anilines is 2. The van der Waals surface area contributed by atoms with Crippen LogP contribution in [0.25, 0.3) is 0 Å². The van der Waals surface area contributed by atoms with Crippen LogP contribution in [0.5, 0.6) is 0 Å². The van der Waals surface area contributed by atoms with Gasteiger partial charge in [-0.3, -0.25) is 9.97 Å². The number of aryl methyl sites for hydroxylation is 1. The predicted molar refractivity (Wildman–Crippen MR) is 112 cm³/mol. The number of rotatable bonds is 6. The zero-order valence-electron chi connectivity index (χ0n) is 16.2. The highest BCUT2D eigenvalue weighted by Crippen LogP contribution is 2.43. The van der Waals surface area contributed by atoms with Crippen molar-refractivity contribution >= 4 is 22.2 Å². The molecule has 0 aliphatic carbocycles. The number of benzene rings is 1. The third-order valence-electron chi connectivity index (χ3n) is 5.15. The smallest absolute Gasteiger partial charge is 0.0893 e. The molecule has 1 aliphatic heterocycles. The maximum atomic E-state index is 13.1. The van der Waals surface area contributed by atoms with Crippen LogP contribution in [-0.4, -0.2) is 27.3 Å². The lowest BCUT2D eigenvalue weighted by molar-refractivity contribution is 0.638. The third-order valence-corrected chi connectivity index (χ3v) is 6.63. The van der Waals surface area contributed by atoms with E-state index in [1.54, 1.807) is 6.20 Å². The number of nitrogens with zero attached hydrogens (tertiary/aromatic N) is 3. The topological polar surface area (TPSA) is 58.1 Å². The van der Waals surface area contributed by atoms with Gasteiger partial charge in [-0.1, -0.05) is 12.1 Å². The first kappa shape index (κ1) is 18.8. The Morgan fingerprint density at radius 3 is 2.79 bits per heavy atom. The van der Waals surface area contributed by atoms with Crippen molar-refractivity contribution in [1.29, 1.82) is 0 Å². The third kappa shape index (κ3) is 3.57. The fraction of sp³-hybridized carbons (Fsp3) is 0.273. The molecule has 0 radical (unpaired) electrons. The highest BCUT2D eigenvalue weighted by Gasteiger charge is 2.29. The molecule has 144 valence electrons. The molecule has 0 amide bonds. The zero-order valence-corrected chi connectivity index (χ0v) is 17.0. The minimum atomic E-state index is -1.17. The summed E-state index contributed by atoms with van der Waals surface area (Å²) in [7, 11) is -1.17. The van der Waals surface area contributed by atoms with E-state index in [9.17, 15) is 4.21 Å². The molecule has 5 nitrogen and oxygen atoms in total. The monoisotopic (exact) mass is 392 g/mol. The molecule has 0 bridgehead atoms. The van der Waals surface area contributed by atoms with E-state index in [0.29, 0.717) is 0 Å². The summed E-state index contributed by atoms with van der Waals surface area (Å²) in [5.41, 5.74) is 5.46. The number of pyridine rings is 2. The number of nitrogens with one attached hydrogen (secondary N) is 1. The van der Waals surface area contributed by atoms with Gasteiger partial charge < -0.3 is 10.2 Å². The Kier molecular flexibility index (Phi) is 5.50. The molecule has 28 heavy (non-hydrogen) atoms. The van der Waals surface area contributed by atoms with Crippen LogP contribution >= 0.6 is 0 Å². The van der Waals surface area contributed by atoms with Gasteiger partial charge in [-0.25, -0.2) is 4.21 Å². The number of hydrogen-bond donors (Lipinski definition) is 1. The van der Waals surface area contributed by atoms with Gasteiger partial charge in [-0.05, 0) is 62.2 Å². The Hall–Kier alpha value is -2.57. The van der Waals surface area contributed by atoms with Crippen LogP contribution < -0.4 is 10.2 Å². The van der Waals surface area contributed by atoms with Crippen LogP contribution in [-0.2, 0) is 17.3 Å². The van der Waals surface area contributed by atoms with Gasteiger partial charge in [0, 0.05) is 25.5 Å². The molecule has 1 unspecified atom stereocenters. The van der Waals surface area contributed by atoms with E-state index in [0.717, 1.165) is 52.9 Å². The van der Waals surface area contributed by atoms with Crippen LogP contribution in [0, 0.1) is 13.8 Å². The van der Waals surface area contributed by atoms with E-state index in [2.05, 4.69) is 40.1 Å². The average molecular weight is 393 g/mol. The van der Waals surface area contributed by atoms with Gasteiger partial charge in [0.2, 0.25) is 0 Å². The molecule has 1 N–H and O–H groups in total. The van der Waals surface area contributed by atoms with Crippen molar-refractivity contribution in [2.24, 2.45) is 0 Å². The predicted octanol–water partition coefficient (Wildman–Crippen LogP) is 3.89. The first-order valence-electron chi connectivity index (χ1n) is 9.51. The molecule has 6 heteroatoms. The largest absolute Gasteiger partial charge is 0.338 e. The lowest BCUT2D eigenvalue weighted by Gasteiger charge is -2.34. The summed E-state index contributed by atoms with van der Waals surface area (Å²) in [4.78, 5) is 12.6. The van der Waals surface area contributed by atoms with Crippen molar-refractivity contribution in [2.45, 2.75) is 36.6 Å². The second-order valence-electron chi connectivity index (χ2n) is 6.97. The minimum Gasteiger partial charge on any atom is -0.338 e. The van der Waals surface area contributed by atoms with E-state index in [1.807, 2.05) is 42.7 Å². The van der Waals surface area contributed by atoms with Crippen LogP contribution in [0.1, 0.15) is 23.2 Å². The molecule has 2 aromatic heterocycles. The van der Waals surface area contributed by atoms with Crippen LogP contribution in [0.3, 0.4) is 0 Å². The molecule has 0 saturated heterocycles. The number of aromatic nitrogens is 2. The lowest BCUT2D eigenvalue weighted by Crippen LogP contribution is -2.28. The van der Waals surface area contributed by atoms with Crippen molar-refractivity contribution in [3.05, 3.63) is 71.8 Å². The van der Waals surface area contributed by atoms with Crippen molar-refractivity contribution in [3.63, 3.8) is 0 Å². The molecule has 1 atom stereocenters. The normalized spacial score (nSPS) is 15.2. The first-order valence-corrected chi connectivity index (χ1v) is 10.7. The maximum Gasteiger partial charge on any atom is 0.0893 e. The van der Waals surface area contributed by atoms with Gasteiger partial charge in [0.15, 0.2) is 0 Å². The van der Waals surface area contributed by atoms with Crippen LogP contribution in [0.15, 0.2) is 64.8 Å². The lowest BCUT2D eigenvalue weighted by atomic mass is 10.1. The quantitative estimate of drug-likeness (QED) is 0.645. The summed E-state index contributed by atoms with van der Waals surface area (Å²) in [5, 5.41) is 3.46. The second kappa shape index (κ2) is 8.20. The molecular weight excluding hydrogens is 368 g/mol. The average Bonchev–Trinajstić information content (AvgIpc) is 2.73. The molecule has 3 aromatic rings. The van der Waals surface area contributed by atoms with Crippen molar-refractivity contribution in [3.8, 4) is 0 Å². The Balaban J connectivity index is 1.53.